The molecule has 0 aliphatic carbocycles. The average Bonchev–Trinajstić information content (AvgIpc) is 2.55. The fraction of sp³-hybridized carbons (Fsp3) is 0.588. The minimum absolute atomic E-state index is 0.0793. The van der Waals surface area contributed by atoms with E-state index in [1.807, 2.05) is 4.90 Å². The summed E-state index contributed by atoms with van der Waals surface area (Å²) in [7, 11) is 0. The van der Waals surface area contributed by atoms with E-state index in [1.165, 1.54) is 6.07 Å². The van der Waals surface area contributed by atoms with Crippen molar-refractivity contribution in [3.05, 3.63) is 23.8 Å². The van der Waals surface area contributed by atoms with Gasteiger partial charge in [-0.1, -0.05) is 13.8 Å². The van der Waals surface area contributed by atoms with Crippen LogP contribution >= 0.6 is 0 Å². The first kappa shape index (κ1) is 19.5. The van der Waals surface area contributed by atoms with Crippen LogP contribution in [0.1, 0.15) is 19.4 Å². The van der Waals surface area contributed by atoms with Crippen molar-refractivity contribution < 1.29 is 23.1 Å². The normalized spacial score (nSPS) is 16.4. The van der Waals surface area contributed by atoms with E-state index >= 15 is 0 Å². The highest BCUT2D eigenvalue weighted by Gasteiger charge is 2.32. The van der Waals surface area contributed by atoms with Crippen molar-refractivity contribution in [3.63, 3.8) is 0 Å². The van der Waals surface area contributed by atoms with Crippen molar-refractivity contribution in [1.29, 1.82) is 0 Å². The maximum atomic E-state index is 13.0. The number of halogens is 3. The molecule has 0 radical (unpaired) electrons. The zero-order valence-corrected chi connectivity index (χ0v) is 14.4. The zero-order valence-electron chi connectivity index (χ0n) is 14.4. The molecule has 140 valence electrons. The highest BCUT2D eigenvalue weighted by atomic mass is 19.4. The van der Waals surface area contributed by atoms with E-state index in [0.717, 1.165) is 12.1 Å². The molecule has 1 amide bonds. The molecule has 0 saturated carbocycles. The van der Waals surface area contributed by atoms with Crippen molar-refractivity contribution in [1.82, 2.24) is 4.90 Å². The van der Waals surface area contributed by atoms with Crippen molar-refractivity contribution >= 4 is 17.3 Å². The van der Waals surface area contributed by atoms with Crippen LogP contribution in [-0.4, -0.2) is 55.2 Å². The van der Waals surface area contributed by atoms with Gasteiger partial charge in [-0.25, -0.2) is 0 Å². The first-order valence-corrected chi connectivity index (χ1v) is 8.32. The second-order valence-electron chi connectivity index (χ2n) is 6.43. The Bertz CT molecular complexity index is 597. The molecule has 8 heteroatoms. The molecule has 1 aromatic rings. The Kier molecular flexibility index (Phi) is 6.29. The number of piperazine rings is 1. The van der Waals surface area contributed by atoms with Gasteiger partial charge >= 0.3 is 6.18 Å². The Labute approximate surface area is 145 Å². The van der Waals surface area contributed by atoms with Gasteiger partial charge in [0, 0.05) is 38.6 Å². The van der Waals surface area contributed by atoms with Crippen molar-refractivity contribution in [2.45, 2.75) is 20.0 Å². The molecule has 1 saturated heterocycles. The molecule has 2 N–H and O–H groups in total. The predicted molar refractivity (Wildman–Crippen MR) is 90.7 cm³/mol. The molecule has 0 aromatic heterocycles. The summed E-state index contributed by atoms with van der Waals surface area (Å²) >= 11 is 0. The second kappa shape index (κ2) is 8.05. The molecule has 25 heavy (non-hydrogen) atoms. The number of rotatable bonds is 5. The van der Waals surface area contributed by atoms with E-state index in [4.69, 9.17) is 5.11 Å². The number of carbonyl (C=O) groups is 1. The van der Waals surface area contributed by atoms with Gasteiger partial charge in [-0.2, -0.15) is 13.2 Å². The smallest absolute Gasteiger partial charge is 0.395 e. The van der Waals surface area contributed by atoms with Gasteiger partial charge < -0.3 is 15.3 Å². The number of amides is 1. The average molecular weight is 359 g/mol. The third-order valence-electron chi connectivity index (χ3n) is 4.24. The summed E-state index contributed by atoms with van der Waals surface area (Å²) in [5, 5.41) is 11.6. The maximum Gasteiger partial charge on any atom is 0.416 e. The van der Waals surface area contributed by atoms with Gasteiger partial charge in [0.25, 0.3) is 0 Å². The molecule has 0 spiro atoms. The molecule has 0 unspecified atom stereocenters. The van der Waals surface area contributed by atoms with E-state index in [-0.39, 0.29) is 24.1 Å². The lowest BCUT2D eigenvalue weighted by atomic mass is 10.1. The molecule has 1 aliphatic rings. The minimum atomic E-state index is -4.46. The lowest BCUT2D eigenvalue weighted by Crippen LogP contribution is -2.47. The lowest BCUT2D eigenvalue weighted by molar-refractivity contribution is -0.137. The summed E-state index contributed by atoms with van der Waals surface area (Å²) in [6.45, 7) is 6.70. The predicted octanol–water partition coefficient (Wildman–Crippen LogP) is 2.41. The number of aliphatic hydroxyl groups excluding tert-OH is 1. The second-order valence-corrected chi connectivity index (χ2v) is 6.43. The summed E-state index contributed by atoms with van der Waals surface area (Å²) in [5.74, 6) is -0.650. The van der Waals surface area contributed by atoms with Crippen LogP contribution < -0.4 is 10.2 Å². The van der Waals surface area contributed by atoms with Crippen LogP contribution in [0.4, 0.5) is 24.5 Å². The van der Waals surface area contributed by atoms with Gasteiger partial charge in [-0.3, -0.25) is 9.69 Å². The van der Waals surface area contributed by atoms with Gasteiger partial charge in [0.2, 0.25) is 5.91 Å². The van der Waals surface area contributed by atoms with Gasteiger partial charge in [0.1, 0.15) is 0 Å². The Morgan fingerprint density at radius 3 is 2.40 bits per heavy atom. The Morgan fingerprint density at radius 1 is 1.24 bits per heavy atom. The van der Waals surface area contributed by atoms with E-state index in [1.54, 1.807) is 13.8 Å². The van der Waals surface area contributed by atoms with Crippen molar-refractivity contribution in [2.24, 2.45) is 5.92 Å². The third-order valence-corrected chi connectivity index (χ3v) is 4.24. The molecular formula is C17H24F3N3O2. The highest BCUT2D eigenvalue weighted by Crippen LogP contribution is 2.36. The van der Waals surface area contributed by atoms with E-state index < -0.39 is 11.7 Å². The first-order valence-electron chi connectivity index (χ1n) is 8.32. The Morgan fingerprint density at radius 2 is 1.88 bits per heavy atom. The molecular weight excluding hydrogens is 335 g/mol. The molecule has 1 aromatic carbocycles. The summed E-state index contributed by atoms with van der Waals surface area (Å²) in [6.07, 6.45) is -4.46. The van der Waals surface area contributed by atoms with Crippen molar-refractivity contribution in [2.75, 3.05) is 49.5 Å². The largest absolute Gasteiger partial charge is 0.416 e. The minimum Gasteiger partial charge on any atom is -0.395 e. The number of anilines is 2. The molecule has 1 heterocycles. The van der Waals surface area contributed by atoms with Gasteiger partial charge in [0.15, 0.2) is 0 Å². The van der Waals surface area contributed by atoms with E-state index in [2.05, 4.69) is 10.2 Å². The Balaban J connectivity index is 2.25. The van der Waals surface area contributed by atoms with E-state index in [9.17, 15) is 18.0 Å². The number of nitrogens with zero attached hydrogens (tertiary/aromatic N) is 2. The summed E-state index contributed by atoms with van der Waals surface area (Å²) < 4.78 is 39.1. The van der Waals surface area contributed by atoms with Crippen molar-refractivity contribution in [3.8, 4) is 0 Å². The Hall–Kier alpha value is -1.80. The van der Waals surface area contributed by atoms with Gasteiger partial charge in [0.05, 0.1) is 23.5 Å². The SMILES string of the molecule is CC(C)C(=O)Nc1cc(C(F)(F)F)ccc1N1CCN(CCO)CC1. The van der Waals surface area contributed by atoms with Crippen LogP contribution in [0.15, 0.2) is 18.2 Å². The standard InChI is InChI=1S/C17H24F3N3O2/c1-12(2)16(25)21-14-11-13(17(18,19)20)3-4-15(14)23-7-5-22(6-8-23)9-10-24/h3-4,11-12,24H,5-10H2,1-2H3,(H,21,25). The van der Waals surface area contributed by atoms with Crippen LogP contribution in [-0.2, 0) is 11.0 Å². The fourth-order valence-corrected chi connectivity index (χ4v) is 2.72. The third kappa shape index (κ3) is 5.09. The summed E-state index contributed by atoms with van der Waals surface area (Å²) in [5.41, 5.74) is -0.0102. The van der Waals surface area contributed by atoms with Crippen LogP contribution in [0.25, 0.3) is 0 Å². The highest BCUT2D eigenvalue weighted by molar-refractivity contribution is 5.95. The van der Waals surface area contributed by atoms with Crippen LogP contribution in [0.5, 0.6) is 0 Å². The number of nitrogens with one attached hydrogen (secondary N) is 1. The topological polar surface area (TPSA) is 55.8 Å². The number of β-amino-alcohol motifs (C(OH)–C–C–N with tert-alkyl or cyclic N) is 1. The lowest BCUT2D eigenvalue weighted by Gasteiger charge is -2.36. The molecule has 0 atom stereocenters. The number of carbonyl (C=O) groups excluding carboxylic acids is 1. The first-order chi connectivity index (χ1) is 11.7. The fourth-order valence-electron chi connectivity index (χ4n) is 2.72. The molecule has 0 bridgehead atoms. The molecule has 2 rings (SSSR count). The summed E-state index contributed by atoms with van der Waals surface area (Å²) in [6, 6.07) is 3.45. The number of benzene rings is 1. The van der Waals surface area contributed by atoms with E-state index in [0.29, 0.717) is 38.4 Å². The molecule has 1 aliphatic heterocycles. The number of hydrogen-bond acceptors (Lipinski definition) is 4. The number of alkyl halides is 3. The number of aliphatic hydroxyl groups is 1. The van der Waals surface area contributed by atoms with Crippen LogP contribution in [0.3, 0.4) is 0 Å². The van der Waals surface area contributed by atoms with Gasteiger partial charge in [-0.05, 0) is 18.2 Å². The van der Waals surface area contributed by atoms with Crippen LogP contribution in [0.2, 0.25) is 0 Å². The quantitative estimate of drug-likeness (QED) is 0.848. The molecule has 5 nitrogen and oxygen atoms in total. The van der Waals surface area contributed by atoms with Gasteiger partial charge in [-0.15, -0.1) is 0 Å². The monoisotopic (exact) mass is 359 g/mol. The summed E-state index contributed by atoms with van der Waals surface area (Å²) in [4.78, 5) is 16.1. The van der Waals surface area contributed by atoms with Crippen LogP contribution in [0, 0.1) is 5.92 Å². The molecule has 1 fully saturated rings. The number of hydrogen-bond donors (Lipinski definition) is 2. The maximum absolute atomic E-state index is 13.0. The zero-order chi connectivity index (χ0) is 18.6.